The fourth-order valence-corrected chi connectivity index (χ4v) is 3.12. The fourth-order valence-electron chi connectivity index (χ4n) is 3.12. The molecule has 0 spiro atoms. The highest BCUT2D eigenvalue weighted by atomic mass is 16.5. The van der Waals surface area contributed by atoms with Crippen molar-refractivity contribution in [3.8, 4) is 6.07 Å². The molecule has 0 aliphatic carbocycles. The number of aldehydes is 1. The van der Waals surface area contributed by atoms with E-state index in [-0.39, 0.29) is 31.4 Å². The standard InChI is InChI=1S/C20H25N3O5/c21-14-17-6-4-16(5-7-17)13-18-15-22(10-12-28-18)23(9-8-20(26)27)19(25)3-1-2-11-24/h4-7,11,18H,1-3,8-10,12-13,15H2,(H,26,27). The molecule has 1 N–H and O–H groups in total. The number of morpholine rings is 1. The summed E-state index contributed by atoms with van der Waals surface area (Å²) < 4.78 is 5.82. The Hall–Kier alpha value is -2.76. The molecular formula is C20H25N3O5. The van der Waals surface area contributed by atoms with Crippen LogP contribution >= 0.6 is 0 Å². The van der Waals surface area contributed by atoms with Gasteiger partial charge in [0.05, 0.1) is 30.8 Å². The molecule has 1 heterocycles. The number of rotatable bonds is 10. The van der Waals surface area contributed by atoms with Crippen molar-refractivity contribution >= 4 is 18.2 Å². The summed E-state index contributed by atoms with van der Waals surface area (Å²) in [6.07, 6.45) is 2.09. The summed E-state index contributed by atoms with van der Waals surface area (Å²) >= 11 is 0. The number of carbonyl (C=O) groups is 3. The van der Waals surface area contributed by atoms with E-state index in [2.05, 4.69) is 6.07 Å². The zero-order valence-corrected chi connectivity index (χ0v) is 15.7. The van der Waals surface area contributed by atoms with Crippen LogP contribution in [0, 0.1) is 11.3 Å². The third-order valence-corrected chi connectivity index (χ3v) is 4.54. The average Bonchev–Trinajstić information content (AvgIpc) is 2.69. The smallest absolute Gasteiger partial charge is 0.305 e. The van der Waals surface area contributed by atoms with Crippen LogP contribution in [0.4, 0.5) is 0 Å². The molecule has 1 saturated heterocycles. The van der Waals surface area contributed by atoms with Crippen molar-refractivity contribution < 1.29 is 24.2 Å². The Morgan fingerprint density at radius 2 is 2.07 bits per heavy atom. The zero-order valence-electron chi connectivity index (χ0n) is 15.7. The summed E-state index contributed by atoms with van der Waals surface area (Å²) in [5.74, 6) is -1.14. The molecule has 0 bridgehead atoms. The van der Waals surface area contributed by atoms with Crippen LogP contribution in [0.2, 0.25) is 0 Å². The van der Waals surface area contributed by atoms with E-state index in [1.807, 2.05) is 17.1 Å². The molecule has 1 unspecified atom stereocenters. The molecular weight excluding hydrogens is 362 g/mol. The number of ether oxygens (including phenoxy) is 1. The number of hydrazine groups is 1. The second-order valence-corrected chi connectivity index (χ2v) is 6.64. The summed E-state index contributed by atoms with van der Waals surface area (Å²) in [5.41, 5.74) is 1.62. The maximum Gasteiger partial charge on any atom is 0.305 e. The highest BCUT2D eigenvalue weighted by Gasteiger charge is 2.28. The molecule has 1 aliphatic rings. The third kappa shape index (κ3) is 6.76. The molecule has 1 amide bonds. The minimum atomic E-state index is -0.965. The average molecular weight is 387 g/mol. The number of hydrogen-bond donors (Lipinski definition) is 1. The van der Waals surface area contributed by atoms with E-state index >= 15 is 0 Å². The molecule has 8 heteroatoms. The quantitative estimate of drug-likeness (QED) is 0.477. The van der Waals surface area contributed by atoms with Crippen molar-refractivity contribution in [2.24, 2.45) is 0 Å². The maximum absolute atomic E-state index is 12.6. The first-order valence-corrected chi connectivity index (χ1v) is 9.34. The SMILES string of the molecule is N#Cc1ccc(CC2CN(N(CCC(=O)O)C(=O)CCCC=O)CCO2)cc1. The number of hydrogen-bond acceptors (Lipinski definition) is 6. The van der Waals surface area contributed by atoms with E-state index in [4.69, 9.17) is 15.1 Å². The van der Waals surface area contributed by atoms with Gasteiger partial charge in [0.15, 0.2) is 0 Å². The van der Waals surface area contributed by atoms with Crippen LogP contribution < -0.4 is 0 Å². The van der Waals surface area contributed by atoms with Gasteiger partial charge in [-0.25, -0.2) is 5.01 Å². The molecule has 1 aromatic carbocycles. The number of aliphatic carboxylic acids is 1. The molecule has 0 aromatic heterocycles. The first kappa shape index (κ1) is 21.5. The van der Waals surface area contributed by atoms with Gasteiger partial charge in [-0.1, -0.05) is 12.1 Å². The molecule has 150 valence electrons. The van der Waals surface area contributed by atoms with Crippen LogP contribution in [-0.2, 0) is 25.5 Å². The van der Waals surface area contributed by atoms with E-state index in [1.165, 1.54) is 5.01 Å². The monoisotopic (exact) mass is 387 g/mol. The molecule has 2 rings (SSSR count). The number of amides is 1. The first-order chi connectivity index (χ1) is 13.5. The number of carboxylic acid groups (broad SMARTS) is 1. The summed E-state index contributed by atoms with van der Waals surface area (Å²) in [6.45, 7) is 1.51. The van der Waals surface area contributed by atoms with Gasteiger partial charge in [0.25, 0.3) is 0 Å². The van der Waals surface area contributed by atoms with Gasteiger partial charge < -0.3 is 14.6 Å². The van der Waals surface area contributed by atoms with E-state index in [0.717, 1.165) is 11.8 Å². The highest BCUT2D eigenvalue weighted by Crippen LogP contribution is 2.16. The van der Waals surface area contributed by atoms with E-state index in [9.17, 15) is 14.4 Å². The van der Waals surface area contributed by atoms with Gasteiger partial charge in [0.1, 0.15) is 6.29 Å². The number of unbranched alkanes of at least 4 members (excludes halogenated alkanes) is 1. The lowest BCUT2D eigenvalue weighted by molar-refractivity contribution is -0.165. The number of nitriles is 1. The maximum atomic E-state index is 12.6. The van der Waals surface area contributed by atoms with E-state index < -0.39 is 5.97 Å². The molecule has 8 nitrogen and oxygen atoms in total. The van der Waals surface area contributed by atoms with Crippen LogP contribution in [0.3, 0.4) is 0 Å². The van der Waals surface area contributed by atoms with Crippen LogP contribution in [0.15, 0.2) is 24.3 Å². The Bertz CT molecular complexity index is 714. The second-order valence-electron chi connectivity index (χ2n) is 6.64. The topological polar surface area (TPSA) is 111 Å². The van der Waals surface area contributed by atoms with Crippen molar-refractivity contribution in [3.63, 3.8) is 0 Å². The lowest BCUT2D eigenvalue weighted by atomic mass is 10.1. The van der Waals surface area contributed by atoms with Gasteiger partial charge in [0, 0.05) is 32.5 Å². The molecule has 1 atom stereocenters. The highest BCUT2D eigenvalue weighted by molar-refractivity contribution is 5.76. The third-order valence-electron chi connectivity index (χ3n) is 4.54. The van der Waals surface area contributed by atoms with E-state index in [0.29, 0.717) is 44.5 Å². The fraction of sp³-hybridized carbons (Fsp3) is 0.500. The van der Waals surface area contributed by atoms with Crippen LogP contribution in [-0.4, -0.2) is 65.6 Å². The van der Waals surface area contributed by atoms with Gasteiger partial charge in [-0.05, 0) is 30.5 Å². The Balaban J connectivity index is 2.00. The summed E-state index contributed by atoms with van der Waals surface area (Å²) in [6, 6.07) is 9.36. The minimum Gasteiger partial charge on any atom is -0.481 e. The predicted octanol–water partition coefficient (Wildman–Crippen LogP) is 1.39. The molecule has 0 saturated carbocycles. The van der Waals surface area contributed by atoms with Gasteiger partial charge >= 0.3 is 5.97 Å². The zero-order chi connectivity index (χ0) is 20.4. The molecule has 0 radical (unpaired) electrons. The lowest BCUT2D eigenvalue weighted by Crippen LogP contribution is -2.55. The van der Waals surface area contributed by atoms with Gasteiger partial charge in [-0.3, -0.25) is 14.6 Å². The Kier molecular flexibility index (Phi) is 8.59. The number of carbonyl (C=O) groups excluding carboxylic acids is 2. The Morgan fingerprint density at radius 3 is 2.71 bits per heavy atom. The minimum absolute atomic E-state index is 0.0961. The van der Waals surface area contributed by atoms with Crippen molar-refractivity contribution in [3.05, 3.63) is 35.4 Å². The predicted molar refractivity (Wildman–Crippen MR) is 100 cm³/mol. The molecule has 28 heavy (non-hydrogen) atoms. The van der Waals surface area contributed by atoms with Crippen molar-refractivity contribution in [2.45, 2.75) is 38.2 Å². The van der Waals surface area contributed by atoms with Gasteiger partial charge in [-0.15, -0.1) is 0 Å². The summed E-state index contributed by atoms with van der Waals surface area (Å²) in [4.78, 5) is 34.0. The number of nitrogens with zero attached hydrogens (tertiary/aromatic N) is 3. The van der Waals surface area contributed by atoms with Crippen molar-refractivity contribution in [2.75, 3.05) is 26.2 Å². The molecule has 1 aliphatic heterocycles. The Morgan fingerprint density at radius 1 is 1.32 bits per heavy atom. The Labute approximate surface area is 164 Å². The number of benzene rings is 1. The lowest BCUT2D eigenvalue weighted by Gasteiger charge is -2.40. The summed E-state index contributed by atoms with van der Waals surface area (Å²) in [7, 11) is 0. The van der Waals surface area contributed by atoms with Crippen LogP contribution in [0.25, 0.3) is 0 Å². The van der Waals surface area contributed by atoms with Crippen molar-refractivity contribution in [1.29, 1.82) is 5.26 Å². The largest absolute Gasteiger partial charge is 0.481 e. The van der Waals surface area contributed by atoms with Gasteiger partial charge in [-0.2, -0.15) is 5.26 Å². The van der Waals surface area contributed by atoms with Crippen LogP contribution in [0.5, 0.6) is 0 Å². The molecule has 1 aromatic rings. The summed E-state index contributed by atoms with van der Waals surface area (Å²) in [5, 5.41) is 21.2. The van der Waals surface area contributed by atoms with E-state index in [1.54, 1.807) is 12.1 Å². The van der Waals surface area contributed by atoms with Gasteiger partial charge in [0.2, 0.25) is 5.91 Å². The number of carboxylic acids is 1. The van der Waals surface area contributed by atoms with Crippen LogP contribution in [0.1, 0.15) is 36.8 Å². The van der Waals surface area contributed by atoms with Crippen molar-refractivity contribution in [1.82, 2.24) is 10.0 Å². The normalized spacial score (nSPS) is 16.9. The molecule has 1 fully saturated rings. The second kappa shape index (κ2) is 11.2. The first-order valence-electron chi connectivity index (χ1n) is 9.34.